The number of morpholine rings is 1. The molecule has 1 heterocycles. The molecule has 2 aliphatic rings. The van der Waals surface area contributed by atoms with Crippen LogP contribution in [0.25, 0.3) is 0 Å². The van der Waals surface area contributed by atoms with Gasteiger partial charge in [-0.25, -0.2) is 0 Å². The highest BCUT2D eigenvalue weighted by Gasteiger charge is 2.32. The molecule has 1 aliphatic carbocycles. The van der Waals surface area contributed by atoms with Crippen molar-refractivity contribution in [2.45, 2.75) is 57.2 Å². The van der Waals surface area contributed by atoms with Gasteiger partial charge in [0.25, 0.3) is 0 Å². The summed E-state index contributed by atoms with van der Waals surface area (Å²) in [4.78, 5) is 2.68. The average Bonchev–Trinajstić information content (AvgIpc) is 2.54. The minimum Gasteiger partial charge on any atom is -0.379 e. The summed E-state index contributed by atoms with van der Waals surface area (Å²) in [5.41, 5.74) is 0. The summed E-state index contributed by atoms with van der Waals surface area (Å²) in [6.07, 6.45) is 6.89. The third-order valence-corrected chi connectivity index (χ3v) is 4.20. The molecule has 1 aliphatic heterocycles. The number of ether oxygens (including phenoxy) is 1. The Hall–Kier alpha value is -0.120. The largest absolute Gasteiger partial charge is 0.379 e. The van der Waals surface area contributed by atoms with Crippen LogP contribution in [0.1, 0.15) is 39.0 Å². The van der Waals surface area contributed by atoms with Crippen LogP contribution < -0.4 is 5.32 Å². The van der Waals surface area contributed by atoms with Gasteiger partial charge in [0, 0.05) is 24.7 Å². The van der Waals surface area contributed by atoms with Crippen molar-refractivity contribution in [1.29, 1.82) is 0 Å². The maximum atomic E-state index is 5.54. The molecule has 1 N–H and O–H groups in total. The van der Waals surface area contributed by atoms with E-state index in [2.05, 4.69) is 24.2 Å². The fraction of sp³-hybridized carbons (Fsp3) is 1.00. The van der Waals surface area contributed by atoms with Crippen LogP contribution in [0.15, 0.2) is 0 Å². The monoisotopic (exact) mass is 226 g/mol. The minimum atomic E-state index is 0.590. The molecule has 0 aromatic rings. The predicted molar refractivity (Wildman–Crippen MR) is 66.7 cm³/mol. The van der Waals surface area contributed by atoms with Crippen LogP contribution in [0, 0.1) is 0 Å². The van der Waals surface area contributed by atoms with E-state index < -0.39 is 0 Å². The zero-order valence-electron chi connectivity index (χ0n) is 10.7. The van der Waals surface area contributed by atoms with Gasteiger partial charge >= 0.3 is 0 Å². The lowest BCUT2D eigenvalue weighted by atomic mass is 9.99. The second kappa shape index (κ2) is 5.99. The first-order valence-corrected chi connectivity index (χ1v) is 6.83. The molecule has 2 fully saturated rings. The van der Waals surface area contributed by atoms with E-state index in [1.165, 1.54) is 32.1 Å². The van der Waals surface area contributed by atoms with Crippen molar-refractivity contribution in [2.24, 2.45) is 0 Å². The molecule has 0 bridgehead atoms. The van der Waals surface area contributed by atoms with Crippen LogP contribution in [0.5, 0.6) is 0 Å². The Morgan fingerprint density at radius 3 is 2.75 bits per heavy atom. The zero-order valence-corrected chi connectivity index (χ0v) is 10.7. The van der Waals surface area contributed by atoms with Gasteiger partial charge in [-0.15, -0.1) is 0 Å². The number of rotatable bonds is 2. The molecule has 0 amide bonds. The third kappa shape index (κ3) is 2.76. The number of hydrogen-bond acceptors (Lipinski definition) is 3. The molecule has 3 nitrogen and oxygen atoms in total. The van der Waals surface area contributed by atoms with Crippen LogP contribution in [0.2, 0.25) is 0 Å². The Kier molecular flexibility index (Phi) is 4.62. The quantitative estimate of drug-likeness (QED) is 0.724. The molecule has 3 unspecified atom stereocenters. The van der Waals surface area contributed by atoms with Crippen molar-refractivity contribution < 1.29 is 4.74 Å². The first-order chi connectivity index (χ1) is 7.83. The number of nitrogens with zero attached hydrogens (tertiary/aromatic N) is 1. The van der Waals surface area contributed by atoms with E-state index in [0.29, 0.717) is 12.1 Å². The molecule has 94 valence electrons. The Balaban J connectivity index is 2.02. The molecule has 0 radical (unpaired) electrons. The van der Waals surface area contributed by atoms with Gasteiger partial charge in [-0.3, -0.25) is 4.90 Å². The maximum absolute atomic E-state index is 5.54. The Morgan fingerprint density at radius 2 is 2.00 bits per heavy atom. The minimum absolute atomic E-state index is 0.590. The number of nitrogens with one attached hydrogen (secondary N) is 1. The molecule has 2 rings (SSSR count). The van der Waals surface area contributed by atoms with Crippen molar-refractivity contribution in [3.8, 4) is 0 Å². The lowest BCUT2D eigenvalue weighted by molar-refractivity contribution is -0.0306. The van der Waals surface area contributed by atoms with Gasteiger partial charge in [0.1, 0.15) is 0 Å². The topological polar surface area (TPSA) is 24.5 Å². The molecular formula is C13H26N2O. The number of likely N-dealkylation sites (N-methyl/N-ethyl adjacent to an activating group) is 1. The van der Waals surface area contributed by atoms with Crippen molar-refractivity contribution in [1.82, 2.24) is 10.2 Å². The molecule has 0 spiro atoms. The van der Waals surface area contributed by atoms with Gasteiger partial charge in [0.15, 0.2) is 0 Å². The molecular weight excluding hydrogens is 200 g/mol. The first-order valence-electron chi connectivity index (χ1n) is 6.83. The van der Waals surface area contributed by atoms with E-state index in [-0.39, 0.29) is 0 Å². The number of hydrogen-bond donors (Lipinski definition) is 1. The Labute approximate surface area is 99.5 Å². The fourth-order valence-electron chi connectivity index (χ4n) is 3.25. The lowest BCUT2D eigenvalue weighted by Crippen LogP contribution is -2.56. The summed E-state index contributed by atoms with van der Waals surface area (Å²) in [6, 6.07) is 2.00. The first kappa shape index (κ1) is 12.3. The average molecular weight is 226 g/mol. The smallest absolute Gasteiger partial charge is 0.0619 e. The third-order valence-electron chi connectivity index (χ3n) is 4.20. The summed E-state index contributed by atoms with van der Waals surface area (Å²) in [6.45, 7) is 5.24. The lowest BCUT2D eigenvalue weighted by Gasteiger charge is -2.42. The molecule has 1 saturated heterocycles. The molecule has 3 heteroatoms. The van der Waals surface area contributed by atoms with Gasteiger partial charge in [0.05, 0.1) is 13.2 Å². The molecule has 16 heavy (non-hydrogen) atoms. The van der Waals surface area contributed by atoms with Crippen molar-refractivity contribution in [3.63, 3.8) is 0 Å². The predicted octanol–water partition coefficient (Wildman–Crippen LogP) is 1.63. The van der Waals surface area contributed by atoms with E-state index >= 15 is 0 Å². The van der Waals surface area contributed by atoms with E-state index in [9.17, 15) is 0 Å². The van der Waals surface area contributed by atoms with Crippen LogP contribution >= 0.6 is 0 Å². The summed E-state index contributed by atoms with van der Waals surface area (Å²) in [7, 11) is 2.12. The van der Waals surface area contributed by atoms with E-state index in [4.69, 9.17) is 4.74 Å². The molecule has 0 aromatic carbocycles. The van der Waals surface area contributed by atoms with Crippen molar-refractivity contribution >= 4 is 0 Å². The van der Waals surface area contributed by atoms with E-state index in [0.717, 1.165) is 25.8 Å². The summed E-state index contributed by atoms with van der Waals surface area (Å²) < 4.78 is 5.54. The molecule has 1 saturated carbocycles. The van der Waals surface area contributed by atoms with Gasteiger partial charge in [-0.05, 0) is 26.8 Å². The summed E-state index contributed by atoms with van der Waals surface area (Å²) in [5.74, 6) is 0. The second-order valence-electron chi connectivity index (χ2n) is 5.26. The van der Waals surface area contributed by atoms with Crippen molar-refractivity contribution in [2.75, 3.05) is 26.8 Å². The summed E-state index contributed by atoms with van der Waals surface area (Å²) >= 11 is 0. The van der Waals surface area contributed by atoms with Gasteiger partial charge in [-0.2, -0.15) is 0 Å². The molecule has 3 atom stereocenters. The van der Waals surface area contributed by atoms with Crippen LogP contribution in [0.3, 0.4) is 0 Å². The molecule has 0 aromatic heterocycles. The highest BCUT2D eigenvalue weighted by atomic mass is 16.5. The fourth-order valence-corrected chi connectivity index (χ4v) is 3.25. The van der Waals surface area contributed by atoms with Gasteiger partial charge in [0.2, 0.25) is 0 Å². The van der Waals surface area contributed by atoms with E-state index in [1.54, 1.807) is 0 Å². The van der Waals surface area contributed by atoms with Gasteiger partial charge in [-0.1, -0.05) is 19.3 Å². The zero-order chi connectivity index (χ0) is 11.4. The van der Waals surface area contributed by atoms with Gasteiger partial charge < -0.3 is 10.1 Å². The maximum Gasteiger partial charge on any atom is 0.0619 e. The second-order valence-corrected chi connectivity index (χ2v) is 5.26. The SMILES string of the molecule is CNC1CCCCCC1N1CCOCC1C. The van der Waals surface area contributed by atoms with Crippen molar-refractivity contribution in [3.05, 3.63) is 0 Å². The van der Waals surface area contributed by atoms with Crippen LogP contribution in [0.4, 0.5) is 0 Å². The standard InChI is InChI=1S/C13H26N2O/c1-11-10-16-9-8-15(11)13-7-5-3-4-6-12(13)14-2/h11-14H,3-10H2,1-2H3. The van der Waals surface area contributed by atoms with Crippen LogP contribution in [-0.4, -0.2) is 49.8 Å². The van der Waals surface area contributed by atoms with E-state index in [1.807, 2.05) is 0 Å². The van der Waals surface area contributed by atoms with Crippen LogP contribution in [-0.2, 0) is 4.74 Å². The Morgan fingerprint density at radius 1 is 1.19 bits per heavy atom. The highest BCUT2D eigenvalue weighted by Crippen LogP contribution is 2.25. The normalized spacial score (nSPS) is 38.2. The Bertz CT molecular complexity index is 210. The summed E-state index contributed by atoms with van der Waals surface area (Å²) in [5, 5.41) is 3.53. The highest BCUT2D eigenvalue weighted by molar-refractivity contribution is 4.89.